The summed E-state index contributed by atoms with van der Waals surface area (Å²) in [6.07, 6.45) is -2.87. The van der Waals surface area contributed by atoms with Crippen molar-refractivity contribution in [3.63, 3.8) is 0 Å². The van der Waals surface area contributed by atoms with Crippen LogP contribution < -0.4 is 4.74 Å². The summed E-state index contributed by atoms with van der Waals surface area (Å²) in [6.45, 7) is -0.141. The average Bonchev–Trinajstić information content (AvgIpc) is 3.28. The summed E-state index contributed by atoms with van der Waals surface area (Å²) in [5.41, 5.74) is 0.564. The molecule has 0 unspecified atom stereocenters. The van der Waals surface area contributed by atoms with Gasteiger partial charge in [-0.15, -0.1) is 0 Å². The summed E-state index contributed by atoms with van der Waals surface area (Å²) in [5, 5.41) is 11.3. The third-order valence-corrected chi connectivity index (χ3v) is 5.07. The maximum Gasteiger partial charge on any atom is 0.416 e. The molecule has 0 radical (unpaired) electrons. The number of nitrogens with zero attached hydrogens (tertiary/aromatic N) is 1. The summed E-state index contributed by atoms with van der Waals surface area (Å²) in [4.78, 5) is 23.4. The lowest BCUT2D eigenvalue weighted by molar-refractivity contribution is -0.146. The molecular weight excluding hydrogens is 415 g/mol. The fourth-order valence-corrected chi connectivity index (χ4v) is 3.53. The van der Waals surface area contributed by atoms with Crippen LogP contribution in [0, 0.1) is 0 Å². The number of cyclic esters (lactones) is 1. The molecule has 6 nitrogen and oxygen atoms in total. The van der Waals surface area contributed by atoms with Gasteiger partial charge in [-0.1, -0.05) is 18.2 Å². The van der Waals surface area contributed by atoms with Crippen LogP contribution in [0.4, 0.5) is 13.2 Å². The summed E-state index contributed by atoms with van der Waals surface area (Å²) >= 11 is 0. The minimum Gasteiger partial charge on any atom is -0.507 e. The topological polar surface area (TPSA) is 77.8 Å². The van der Waals surface area contributed by atoms with Gasteiger partial charge in [-0.05, 0) is 29.8 Å². The molecule has 0 bridgehead atoms. The Morgan fingerprint density at radius 3 is 2.45 bits per heavy atom. The fourth-order valence-electron chi connectivity index (χ4n) is 3.53. The van der Waals surface area contributed by atoms with Gasteiger partial charge in [-0.2, -0.15) is 13.2 Å². The second kappa shape index (κ2) is 7.50. The molecule has 1 aromatic heterocycles. The van der Waals surface area contributed by atoms with E-state index in [2.05, 4.69) is 0 Å². The molecule has 9 heteroatoms. The highest BCUT2D eigenvalue weighted by Crippen LogP contribution is 2.36. The van der Waals surface area contributed by atoms with Crippen LogP contribution in [-0.4, -0.2) is 35.1 Å². The SMILES string of the molecule is COc1cccc2c1c(C(O)=C1COC(=O)C1=O)cn2Cc1ccc(C(F)(F)F)cc1. The van der Waals surface area contributed by atoms with Crippen molar-refractivity contribution in [2.24, 2.45) is 0 Å². The number of halogens is 3. The smallest absolute Gasteiger partial charge is 0.416 e. The van der Waals surface area contributed by atoms with E-state index in [1.807, 2.05) is 0 Å². The lowest BCUT2D eigenvalue weighted by atomic mass is 10.1. The molecular formula is C22H16F3NO5. The number of Topliss-reactive ketones (excluding diaryl/α,β-unsaturated/α-hetero) is 1. The van der Waals surface area contributed by atoms with E-state index in [0.29, 0.717) is 22.2 Å². The van der Waals surface area contributed by atoms with E-state index >= 15 is 0 Å². The monoisotopic (exact) mass is 431 g/mol. The number of alkyl halides is 3. The molecule has 2 heterocycles. The molecule has 1 saturated heterocycles. The Kier molecular flexibility index (Phi) is 4.96. The van der Waals surface area contributed by atoms with Crippen LogP contribution in [0.15, 0.2) is 54.2 Å². The lowest BCUT2D eigenvalue weighted by Gasteiger charge is -2.09. The van der Waals surface area contributed by atoms with Gasteiger partial charge in [0.1, 0.15) is 18.1 Å². The molecule has 0 spiro atoms. The first-order valence-electron chi connectivity index (χ1n) is 9.16. The molecule has 1 N–H and O–H groups in total. The Labute approximate surface area is 174 Å². The number of methoxy groups -OCH3 is 1. The van der Waals surface area contributed by atoms with Gasteiger partial charge in [-0.25, -0.2) is 4.79 Å². The molecule has 0 amide bonds. The molecule has 31 heavy (non-hydrogen) atoms. The zero-order valence-electron chi connectivity index (χ0n) is 16.2. The molecule has 1 fully saturated rings. The third-order valence-electron chi connectivity index (χ3n) is 5.07. The quantitative estimate of drug-likeness (QED) is 0.291. The first-order valence-corrected chi connectivity index (χ1v) is 9.16. The Morgan fingerprint density at radius 2 is 1.87 bits per heavy atom. The highest BCUT2D eigenvalue weighted by atomic mass is 19.4. The molecule has 0 atom stereocenters. The van der Waals surface area contributed by atoms with Crippen molar-refractivity contribution < 1.29 is 37.3 Å². The number of carbonyl (C=O) groups excluding carboxylic acids is 2. The molecule has 4 rings (SSSR count). The molecule has 1 aliphatic rings. The zero-order chi connectivity index (χ0) is 22.3. The van der Waals surface area contributed by atoms with Gasteiger partial charge >= 0.3 is 12.1 Å². The molecule has 3 aromatic rings. The van der Waals surface area contributed by atoms with E-state index in [9.17, 15) is 27.9 Å². The average molecular weight is 431 g/mol. The van der Waals surface area contributed by atoms with Crippen LogP contribution in [0.5, 0.6) is 5.75 Å². The largest absolute Gasteiger partial charge is 0.507 e. The van der Waals surface area contributed by atoms with Crippen LogP contribution >= 0.6 is 0 Å². The minimum absolute atomic E-state index is 0.163. The Hall–Kier alpha value is -3.75. The van der Waals surface area contributed by atoms with Crippen LogP contribution in [0.25, 0.3) is 16.7 Å². The second-order valence-electron chi connectivity index (χ2n) is 6.95. The number of ether oxygens (including phenoxy) is 2. The van der Waals surface area contributed by atoms with E-state index < -0.39 is 29.3 Å². The minimum atomic E-state index is -4.43. The summed E-state index contributed by atoms with van der Waals surface area (Å²) in [7, 11) is 1.45. The van der Waals surface area contributed by atoms with Gasteiger partial charge in [0, 0.05) is 18.3 Å². The van der Waals surface area contributed by atoms with Crippen molar-refractivity contribution in [3.05, 3.63) is 70.9 Å². The van der Waals surface area contributed by atoms with Crippen molar-refractivity contribution in [1.82, 2.24) is 4.57 Å². The number of hydrogen-bond donors (Lipinski definition) is 1. The molecule has 1 aliphatic heterocycles. The number of esters is 1. The second-order valence-corrected chi connectivity index (χ2v) is 6.95. The van der Waals surface area contributed by atoms with Crippen molar-refractivity contribution in [3.8, 4) is 5.75 Å². The standard InChI is InChI=1S/C22H16F3NO5/c1-30-17-4-2-3-16-18(17)14(19(27)15-11-31-21(29)20(15)28)10-26(16)9-12-5-7-13(8-6-12)22(23,24)25/h2-8,10,27H,9,11H2,1H3. The van der Waals surface area contributed by atoms with Gasteiger partial charge in [0.25, 0.3) is 5.78 Å². The van der Waals surface area contributed by atoms with Gasteiger partial charge in [0.05, 0.1) is 29.1 Å². The van der Waals surface area contributed by atoms with Gasteiger partial charge < -0.3 is 19.1 Å². The predicted octanol–water partition coefficient (Wildman–Crippen LogP) is 4.11. The number of ketones is 1. The first kappa shape index (κ1) is 20.5. The molecule has 160 valence electrons. The van der Waals surface area contributed by atoms with E-state index in [4.69, 9.17) is 9.47 Å². The number of benzene rings is 2. The number of fused-ring (bicyclic) bond motifs is 1. The third kappa shape index (κ3) is 3.63. The van der Waals surface area contributed by atoms with Crippen molar-refractivity contribution in [1.29, 1.82) is 0 Å². The van der Waals surface area contributed by atoms with Gasteiger partial charge in [0.2, 0.25) is 0 Å². The number of aliphatic hydroxyl groups excluding tert-OH is 1. The Balaban J connectivity index is 1.82. The molecule has 0 saturated carbocycles. The van der Waals surface area contributed by atoms with Gasteiger partial charge in [-0.3, -0.25) is 4.79 Å². The number of rotatable bonds is 4. The van der Waals surface area contributed by atoms with Crippen molar-refractivity contribution in [2.45, 2.75) is 12.7 Å². The number of carbonyl (C=O) groups is 2. The van der Waals surface area contributed by atoms with E-state index in [-0.39, 0.29) is 24.3 Å². The summed E-state index contributed by atoms with van der Waals surface area (Å²) in [5.74, 6) is -1.95. The van der Waals surface area contributed by atoms with Crippen molar-refractivity contribution in [2.75, 3.05) is 13.7 Å². The van der Waals surface area contributed by atoms with Crippen LogP contribution in [0.1, 0.15) is 16.7 Å². The van der Waals surface area contributed by atoms with E-state index in [1.54, 1.807) is 29.0 Å². The normalized spacial score (nSPS) is 16.0. The fraction of sp³-hybridized carbons (Fsp3) is 0.182. The van der Waals surface area contributed by atoms with Crippen LogP contribution in [0.3, 0.4) is 0 Å². The maximum absolute atomic E-state index is 12.8. The Morgan fingerprint density at radius 1 is 1.16 bits per heavy atom. The lowest BCUT2D eigenvalue weighted by Crippen LogP contribution is -2.08. The Bertz CT molecular complexity index is 1220. The molecule has 0 aliphatic carbocycles. The van der Waals surface area contributed by atoms with Gasteiger partial charge in [0.15, 0.2) is 0 Å². The van der Waals surface area contributed by atoms with E-state index in [0.717, 1.165) is 12.1 Å². The highest BCUT2D eigenvalue weighted by Gasteiger charge is 2.34. The predicted molar refractivity (Wildman–Crippen MR) is 105 cm³/mol. The number of aromatic nitrogens is 1. The summed E-state index contributed by atoms with van der Waals surface area (Å²) < 4.78 is 50.3. The number of aliphatic hydroxyl groups is 1. The zero-order valence-corrected chi connectivity index (χ0v) is 16.2. The van der Waals surface area contributed by atoms with Crippen LogP contribution in [0.2, 0.25) is 0 Å². The van der Waals surface area contributed by atoms with E-state index in [1.165, 1.54) is 19.2 Å². The van der Waals surface area contributed by atoms with Crippen molar-refractivity contribution >= 4 is 28.4 Å². The summed E-state index contributed by atoms with van der Waals surface area (Å²) in [6, 6.07) is 9.90. The first-order chi connectivity index (χ1) is 14.7. The molecule has 2 aromatic carbocycles. The highest BCUT2D eigenvalue weighted by molar-refractivity contribution is 6.43. The maximum atomic E-state index is 12.8. The number of hydrogen-bond acceptors (Lipinski definition) is 5. The van der Waals surface area contributed by atoms with Crippen LogP contribution in [-0.2, 0) is 27.0 Å².